The van der Waals surface area contributed by atoms with Crippen LogP contribution in [0.3, 0.4) is 0 Å². The molecule has 0 heterocycles. The highest BCUT2D eigenvalue weighted by atomic mass is 19.3. The molecule has 0 bridgehead atoms. The first-order valence-electron chi connectivity index (χ1n) is 7.62. The Kier molecular flexibility index (Phi) is 7.88. The summed E-state index contributed by atoms with van der Waals surface area (Å²) in [7, 11) is 0. The van der Waals surface area contributed by atoms with Crippen molar-refractivity contribution in [3.8, 4) is 0 Å². The van der Waals surface area contributed by atoms with Crippen molar-refractivity contribution in [3.05, 3.63) is 0 Å². The van der Waals surface area contributed by atoms with Crippen molar-refractivity contribution in [1.29, 1.82) is 0 Å². The number of halogens is 2. The van der Waals surface area contributed by atoms with Gasteiger partial charge in [0.15, 0.2) is 0 Å². The molecule has 0 spiro atoms. The summed E-state index contributed by atoms with van der Waals surface area (Å²) in [4.78, 5) is 11.7. The second-order valence-corrected chi connectivity index (χ2v) is 5.64. The van der Waals surface area contributed by atoms with Crippen molar-refractivity contribution in [2.45, 2.75) is 56.9 Å². The first-order valence-corrected chi connectivity index (χ1v) is 7.62. The second kappa shape index (κ2) is 9.15. The van der Waals surface area contributed by atoms with Gasteiger partial charge >= 0.3 is 6.03 Å². The van der Waals surface area contributed by atoms with Crippen LogP contribution in [0.5, 0.6) is 0 Å². The van der Waals surface area contributed by atoms with Crippen molar-refractivity contribution in [2.24, 2.45) is 5.92 Å². The van der Waals surface area contributed by atoms with Gasteiger partial charge in [0.05, 0.1) is 0 Å². The van der Waals surface area contributed by atoms with E-state index < -0.39 is 5.92 Å². The van der Waals surface area contributed by atoms with Gasteiger partial charge in [-0.05, 0) is 38.0 Å². The maximum atomic E-state index is 13.2. The molecule has 2 amide bonds. The molecule has 21 heavy (non-hydrogen) atoms. The van der Waals surface area contributed by atoms with Gasteiger partial charge in [-0.3, -0.25) is 0 Å². The summed E-state index contributed by atoms with van der Waals surface area (Å²) in [5.41, 5.74) is 0. The molecule has 1 saturated carbocycles. The minimum absolute atomic E-state index is 0.0139. The van der Waals surface area contributed by atoms with Gasteiger partial charge in [0.25, 0.3) is 0 Å². The Morgan fingerprint density at radius 3 is 2.43 bits per heavy atom. The fraction of sp³-hybridized carbons (Fsp3) is 0.929. The molecule has 1 aliphatic rings. The molecule has 0 radical (unpaired) electrons. The van der Waals surface area contributed by atoms with Crippen molar-refractivity contribution < 1.29 is 23.8 Å². The molecule has 0 saturated heterocycles. The zero-order valence-electron chi connectivity index (χ0n) is 12.3. The lowest BCUT2D eigenvalue weighted by Crippen LogP contribution is -2.47. The lowest BCUT2D eigenvalue weighted by molar-refractivity contribution is -0.0497. The molecule has 5 nitrogen and oxygen atoms in total. The van der Waals surface area contributed by atoms with E-state index in [1.807, 2.05) is 0 Å². The topological polar surface area (TPSA) is 81.6 Å². The van der Waals surface area contributed by atoms with Crippen molar-refractivity contribution in [1.82, 2.24) is 10.6 Å². The molecule has 124 valence electrons. The van der Waals surface area contributed by atoms with Crippen molar-refractivity contribution >= 4 is 6.03 Å². The molecule has 0 aromatic carbocycles. The summed E-state index contributed by atoms with van der Waals surface area (Å²) in [6.45, 7) is 0.468. The summed E-state index contributed by atoms with van der Waals surface area (Å²) in [5.74, 6) is -2.60. The summed E-state index contributed by atoms with van der Waals surface area (Å²) in [5, 5.41) is 23.2. The molecule has 0 aromatic heterocycles. The second-order valence-electron chi connectivity index (χ2n) is 5.64. The third kappa shape index (κ3) is 7.04. The number of urea groups is 1. The van der Waals surface area contributed by atoms with Crippen molar-refractivity contribution in [3.63, 3.8) is 0 Å². The number of hydrogen-bond donors (Lipinski definition) is 4. The Hall–Kier alpha value is -0.950. The number of alkyl halides is 2. The van der Waals surface area contributed by atoms with Crippen LogP contribution in [0.15, 0.2) is 0 Å². The standard InChI is InChI=1S/C14H26F2N2O3/c15-14(16)6-3-11(4-7-14)12(5-10-20)18-13(21)17-8-1-2-9-19/h11-12,19-20H,1-10H2,(H2,17,18,21). The van der Waals surface area contributed by atoms with Gasteiger partial charge < -0.3 is 20.8 Å². The van der Waals surface area contributed by atoms with Gasteiger partial charge in [-0.15, -0.1) is 0 Å². The average molecular weight is 308 g/mol. The van der Waals surface area contributed by atoms with Crippen LogP contribution in [0.1, 0.15) is 44.9 Å². The fourth-order valence-corrected chi connectivity index (χ4v) is 2.69. The fourth-order valence-electron chi connectivity index (χ4n) is 2.69. The molecular weight excluding hydrogens is 282 g/mol. The van der Waals surface area contributed by atoms with Gasteiger partial charge in [-0.25, -0.2) is 13.6 Å². The largest absolute Gasteiger partial charge is 0.396 e. The van der Waals surface area contributed by atoms with Crippen LogP contribution in [0.4, 0.5) is 13.6 Å². The average Bonchev–Trinajstić information content (AvgIpc) is 2.43. The van der Waals surface area contributed by atoms with E-state index in [9.17, 15) is 13.6 Å². The van der Waals surface area contributed by atoms with Gasteiger partial charge in [-0.1, -0.05) is 0 Å². The monoisotopic (exact) mass is 308 g/mol. The van der Waals surface area contributed by atoms with Gasteiger partial charge in [0, 0.05) is 38.6 Å². The van der Waals surface area contributed by atoms with Crippen LogP contribution >= 0.6 is 0 Å². The number of hydrogen-bond acceptors (Lipinski definition) is 3. The van der Waals surface area contributed by atoms with Crippen LogP contribution in [-0.4, -0.2) is 48.0 Å². The minimum atomic E-state index is -2.59. The highest BCUT2D eigenvalue weighted by Gasteiger charge is 2.37. The molecule has 0 aliphatic heterocycles. The Morgan fingerprint density at radius 1 is 1.19 bits per heavy atom. The first-order chi connectivity index (χ1) is 9.98. The summed E-state index contributed by atoms with van der Waals surface area (Å²) < 4.78 is 26.3. The van der Waals surface area contributed by atoms with E-state index in [0.29, 0.717) is 38.6 Å². The predicted octanol–water partition coefficient (Wildman–Crippen LogP) is 1.63. The Bertz CT molecular complexity index is 307. The molecular formula is C14H26F2N2O3. The molecule has 4 N–H and O–H groups in total. The number of unbranched alkanes of at least 4 members (excludes halogenated alkanes) is 1. The van der Waals surface area contributed by atoms with E-state index >= 15 is 0 Å². The molecule has 0 aromatic rings. The highest BCUT2D eigenvalue weighted by Crippen LogP contribution is 2.37. The third-order valence-electron chi connectivity index (χ3n) is 3.96. The summed E-state index contributed by atoms with van der Waals surface area (Å²) in [6, 6.07) is -0.618. The van der Waals surface area contributed by atoms with E-state index in [1.165, 1.54) is 0 Å². The Balaban J connectivity index is 2.37. The number of amides is 2. The number of aliphatic hydroxyl groups excluding tert-OH is 2. The minimum Gasteiger partial charge on any atom is -0.396 e. The number of nitrogens with one attached hydrogen (secondary N) is 2. The quantitative estimate of drug-likeness (QED) is 0.515. The van der Waals surface area contributed by atoms with Crippen LogP contribution < -0.4 is 10.6 Å². The lowest BCUT2D eigenvalue weighted by atomic mass is 9.81. The van der Waals surface area contributed by atoms with Gasteiger partial charge in [0.1, 0.15) is 0 Å². The number of rotatable bonds is 8. The van der Waals surface area contributed by atoms with E-state index in [1.54, 1.807) is 0 Å². The Labute approximate surface area is 124 Å². The van der Waals surface area contributed by atoms with Crippen LogP contribution in [-0.2, 0) is 0 Å². The van der Waals surface area contributed by atoms with Gasteiger partial charge in [0.2, 0.25) is 5.92 Å². The maximum Gasteiger partial charge on any atom is 0.315 e. The normalized spacial score (nSPS) is 20.0. The van der Waals surface area contributed by atoms with E-state index in [4.69, 9.17) is 10.2 Å². The molecule has 1 aliphatic carbocycles. The SMILES string of the molecule is O=C(NCCCCO)NC(CCO)C1CCC(F)(F)CC1. The summed E-state index contributed by atoms with van der Waals surface area (Å²) >= 11 is 0. The summed E-state index contributed by atoms with van der Waals surface area (Å²) in [6.07, 6.45) is 2.10. The molecule has 1 fully saturated rings. The maximum absolute atomic E-state index is 13.2. The number of carbonyl (C=O) groups is 1. The van der Waals surface area contributed by atoms with Crippen LogP contribution in [0, 0.1) is 5.92 Å². The highest BCUT2D eigenvalue weighted by molar-refractivity contribution is 5.74. The Morgan fingerprint density at radius 2 is 1.86 bits per heavy atom. The van der Waals surface area contributed by atoms with Crippen LogP contribution in [0.25, 0.3) is 0 Å². The van der Waals surface area contributed by atoms with E-state index in [-0.39, 0.29) is 44.0 Å². The van der Waals surface area contributed by atoms with Gasteiger partial charge in [-0.2, -0.15) is 0 Å². The zero-order valence-corrected chi connectivity index (χ0v) is 12.3. The zero-order chi connectivity index (χ0) is 15.7. The predicted molar refractivity (Wildman–Crippen MR) is 75.3 cm³/mol. The molecule has 1 atom stereocenters. The molecule has 1 unspecified atom stereocenters. The smallest absolute Gasteiger partial charge is 0.315 e. The van der Waals surface area contributed by atoms with E-state index in [2.05, 4.69) is 10.6 Å². The molecule has 1 rings (SSSR count). The molecule has 7 heteroatoms. The van der Waals surface area contributed by atoms with E-state index in [0.717, 1.165) is 0 Å². The van der Waals surface area contributed by atoms with Crippen LogP contribution in [0.2, 0.25) is 0 Å². The number of carbonyl (C=O) groups excluding carboxylic acids is 1. The first kappa shape index (κ1) is 18.1. The van der Waals surface area contributed by atoms with Crippen molar-refractivity contribution in [2.75, 3.05) is 19.8 Å². The number of aliphatic hydroxyl groups is 2. The lowest BCUT2D eigenvalue weighted by Gasteiger charge is -2.34. The third-order valence-corrected chi connectivity index (χ3v) is 3.96.